The highest BCUT2D eigenvalue weighted by atomic mass is 35.5. The average molecular weight is 576 g/mol. The zero-order valence-corrected chi connectivity index (χ0v) is 22.1. The van der Waals surface area contributed by atoms with Crippen molar-refractivity contribution in [3.63, 3.8) is 0 Å². The van der Waals surface area contributed by atoms with Crippen LogP contribution in [0.25, 0.3) is 10.8 Å². The van der Waals surface area contributed by atoms with Crippen molar-refractivity contribution in [3.8, 4) is 0 Å². The molecule has 0 unspecified atom stereocenters. The van der Waals surface area contributed by atoms with Gasteiger partial charge in [0.15, 0.2) is 9.84 Å². The van der Waals surface area contributed by atoms with Crippen molar-refractivity contribution in [1.82, 2.24) is 9.80 Å². The Kier molecular flexibility index (Phi) is 9.64. The van der Waals surface area contributed by atoms with Gasteiger partial charge in [0, 0.05) is 43.5 Å². The SMILES string of the molecule is N=C1CCCCN1C1CCN(C(=O)CCS(=O)(=O)c2ccc3cc(Cl)ccc3c2)CC1.O=C(O)C(F)(F)F. The number of carboxylic acids is 1. The van der Waals surface area contributed by atoms with Crippen molar-refractivity contribution in [2.45, 2.75) is 55.6 Å². The van der Waals surface area contributed by atoms with Gasteiger partial charge in [-0.25, -0.2) is 13.2 Å². The Morgan fingerprint density at radius 3 is 2.24 bits per heavy atom. The van der Waals surface area contributed by atoms with Crippen LogP contribution in [0.1, 0.15) is 38.5 Å². The molecule has 2 saturated heterocycles. The van der Waals surface area contributed by atoms with Crippen molar-refractivity contribution in [3.05, 3.63) is 41.4 Å². The Balaban J connectivity index is 0.000000505. The highest BCUT2D eigenvalue weighted by Crippen LogP contribution is 2.25. The van der Waals surface area contributed by atoms with Crippen molar-refractivity contribution in [1.29, 1.82) is 5.41 Å². The predicted octanol–water partition coefficient (Wildman–Crippen LogP) is 4.74. The van der Waals surface area contributed by atoms with Gasteiger partial charge in [-0.15, -0.1) is 0 Å². The number of hydrogen-bond acceptors (Lipinski definition) is 5. The summed E-state index contributed by atoms with van der Waals surface area (Å²) in [7, 11) is -3.55. The summed E-state index contributed by atoms with van der Waals surface area (Å²) >= 11 is 5.99. The third kappa shape index (κ3) is 7.83. The van der Waals surface area contributed by atoms with E-state index in [1.54, 1.807) is 41.3 Å². The van der Waals surface area contributed by atoms with E-state index in [4.69, 9.17) is 26.9 Å². The summed E-state index contributed by atoms with van der Waals surface area (Å²) in [5.41, 5.74) is 0. The Morgan fingerprint density at radius 1 is 1.03 bits per heavy atom. The van der Waals surface area contributed by atoms with Crippen LogP contribution in [0.5, 0.6) is 0 Å². The van der Waals surface area contributed by atoms with E-state index in [1.807, 2.05) is 0 Å². The highest BCUT2D eigenvalue weighted by molar-refractivity contribution is 7.91. The normalized spacial score (nSPS) is 17.2. The van der Waals surface area contributed by atoms with Crippen molar-refractivity contribution in [2.75, 3.05) is 25.4 Å². The number of nitrogens with one attached hydrogen (secondary N) is 1. The average Bonchev–Trinajstić information content (AvgIpc) is 2.87. The quantitative estimate of drug-likeness (QED) is 0.531. The van der Waals surface area contributed by atoms with Gasteiger partial charge in [0.2, 0.25) is 5.91 Å². The molecule has 1 amide bonds. The Hall–Kier alpha value is -2.86. The lowest BCUT2D eigenvalue weighted by Gasteiger charge is -2.41. The second kappa shape index (κ2) is 12.3. The maximum absolute atomic E-state index is 12.8. The number of likely N-dealkylation sites (tertiary alicyclic amines) is 2. The number of amidine groups is 1. The molecule has 2 heterocycles. The molecule has 0 aliphatic carbocycles. The van der Waals surface area contributed by atoms with Crippen LogP contribution in [0.15, 0.2) is 41.3 Å². The summed E-state index contributed by atoms with van der Waals surface area (Å²) in [5.74, 6) is -2.34. The van der Waals surface area contributed by atoms with Gasteiger partial charge >= 0.3 is 12.1 Å². The van der Waals surface area contributed by atoms with E-state index < -0.39 is 22.0 Å². The number of sulfone groups is 1. The summed E-state index contributed by atoms with van der Waals surface area (Å²) in [6.07, 6.45) is -0.348. The third-order valence-electron chi connectivity index (χ3n) is 6.63. The molecule has 2 aromatic carbocycles. The second-order valence-electron chi connectivity index (χ2n) is 9.23. The lowest BCUT2D eigenvalue weighted by molar-refractivity contribution is -0.192. The number of nitrogens with zero attached hydrogens (tertiary/aromatic N) is 2. The molecule has 2 aromatic rings. The summed E-state index contributed by atoms with van der Waals surface area (Å²) in [5, 5.41) is 17.6. The number of amides is 1. The summed E-state index contributed by atoms with van der Waals surface area (Å²) in [6, 6.07) is 10.6. The molecule has 0 bridgehead atoms. The van der Waals surface area contributed by atoms with Crippen molar-refractivity contribution >= 4 is 49.9 Å². The molecule has 0 radical (unpaired) electrons. The third-order valence-corrected chi connectivity index (χ3v) is 8.58. The smallest absolute Gasteiger partial charge is 0.475 e. The number of rotatable bonds is 5. The molecule has 208 valence electrons. The van der Waals surface area contributed by atoms with Crippen molar-refractivity contribution in [2.24, 2.45) is 0 Å². The van der Waals surface area contributed by atoms with Gasteiger partial charge in [-0.1, -0.05) is 23.7 Å². The molecule has 2 aliphatic rings. The highest BCUT2D eigenvalue weighted by Gasteiger charge is 2.38. The van der Waals surface area contributed by atoms with Gasteiger partial charge in [-0.2, -0.15) is 13.2 Å². The van der Waals surface area contributed by atoms with Gasteiger partial charge in [-0.05, 0) is 60.7 Å². The summed E-state index contributed by atoms with van der Waals surface area (Å²) in [6.45, 7) is 2.20. The molecule has 4 rings (SSSR count). The molecule has 0 spiro atoms. The molecule has 13 heteroatoms. The van der Waals surface area contributed by atoms with Crippen LogP contribution in [-0.2, 0) is 19.4 Å². The van der Waals surface area contributed by atoms with E-state index in [0.29, 0.717) is 24.2 Å². The van der Waals surface area contributed by atoms with E-state index in [9.17, 15) is 26.4 Å². The fourth-order valence-electron chi connectivity index (χ4n) is 4.57. The minimum absolute atomic E-state index is 0.00874. The minimum Gasteiger partial charge on any atom is -0.475 e. The van der Waals surface area contributed by atoms with Crippen LogP contribution in [0.4, 0.5) is 13.2 Å². The standard InChI is InChI=1S/C23H28ClN3O3S.C2HF3O2/c24-19-6-4-18-16-21(7-5-17(18)15-19)31(29,30)14-10-23(28)26-12-8-20(9-13-26)27-11-2-1-3-22(27)25;3-2(4,5)1(6)7/h4-7,15-16,20,25H,1-3,8-14H2;(H,6,7). The maximum Gasteiger partial charge on any atom is 0.490 e. The summed E-state index contributed by atoms with van der Waals surface area (Å²) in [4.78, 5) is 25.8. The Bertz CT molecular complexity index is 1290. The molecule has 0 saturated carbocycles. The maximum atomic E-state index is 12.8. The topological polar surface area (TPSA) is 119 Å². The van der Waals surface area contributed by atoms with Gasteiger partial charge in [-0.3, -0.25) is 10.2 Å². The van der Waals surface area contributed by atoms with Crippen LogP contribution in [0.2, 0.25) is 5.02 Å². The molecule has 2 fully saturated rings. The number of carbonyl (C=O) groups excluding carboxylic acids is 1. The van der Waals surface area contributed by atoms with E-state index in [2.05, 4.69) is 4.90 Å². The fraction of sp³-hybridized carbons (Fsp3) is 0.480. The van der Waals surface area contributed by atoms with Crippen LogP contribution >= 0.6 is 11.6 Å². The Labute approximate surface area is 223 Å². The number of fused-ring (bicyclic) bond motifs is 1. The number of carbonyl (C=O) groups is 2. The van der Waals surface area contributed by atoms with Gasteiger partial charge in [0.1, 0.15) is 0 Å². The zero-order valence-electron chi connectivity index (χ0n) is 20.5. The number of hydrogen-bond donors (Lipinski definition) is 2. The van der Waals surface area contributed by atoms with E-state index in [-0.39, 0.29) is 23.0 Å². The molecule has 38 heavy (non-hydrogen) atoms. The molecule has 0 atom stereocenters. The van der Waals surface area contributed by atoms with Crippen molar-refractivity contribution < 1.29 is 36.3 Å². The minimum atomic E-state index is -5.08. The first-order valence-electron chi connectivity index (χ1n) is 12.1. The molecular formula is C25H29ClF3N3O5S. The zero-order chi connectivity index (χ0) is 28.1. The molecule has 2 N–H and O–H groups in total. The van der Waals surface area contributed by atoms with Gasteiger partial charge in [0.05, 0.1) is 16.5 Å². The second-order valence-corrected chi connectivity index (χ2v) is 11.8. The number of alkyl halides is 3. The summed E-state index contributed by atoms with van der Waals surface area (Å²) < 4.78 is 57.3. The number of halogens is 4. The van der Waals surface area contributed by atoms with Gasteiger partial charge < -0.3 is 14.9 Å². The van der Waals surface area contributed by atoms with Crippen LogP contribution < -0.4 is 0 Å². The predicted molar refractivity (Wildman–Crippen MR) is 137 cm³/mol. The fourth-order valence-corrected chi connectivity index (χ4v) is 6.01. The molecule has 0 aromatic heterocycles. The monoisotopic (exact) mass is 575 g/mol. The number of aliphatic carboxylic acids is 1. The lowest BCUT2D eigenvalue weighted by Crippen LogP contribution is -2.50. The Morgan fingerprint density at radius 2 is 1.63 bits per heavy atom. The molecule has 2 aliphatic heterocycles. The number of carboxylic acid groups (broad SMARTS) is 1. The van der Waals surface area contributed by atoms with Gasteiger partial charge in [0.25, 0.3) is 0 Å². The van der Waals surface area contributed by atoms with Crippen LogP contribution in [0, 0.1) is 5.41 Å². The first kappa shape index (κ1) is 29.7. The molecular weight excluding hydrogens is 547 g/mol. The van der Waals surface area contributed by atoms with E-state index >= 15 is 0 Å². The van der Waals surface area contributed by atoms with E-state index in [1.165, 1.54) is 0 Å². The van der Waals surface area contributed by atoms with Crippen LogP contribution in [0.3, 0.4) is 0 Å². The number of benzene rings is 2. The lowest BCUT2D eigenvalue weighted by atomic mass is 9.99. The first-order valence-corrected chi connectivity index (χ1v) is 14.1. The van der Waals surface area contributed by atoms with Crippen LogP contribution in [-0.4, -0.2) is 78.6 Å². The first-order chi connectivity index (χ1) is 17.8. The molecule has 8 nitrogen and oxygen atoms in total. The van der Waals surface area contributed by atoms with E-state index in [0.717, 1.165) is 55.3 Å². The largest absolute Gasteiger partial charge is 0.490 e. The number of piperidine rings is 2.